The molecule has 6 nitrogen and oxygen atoms in total. The monoisotopic (exact) mass is 331 g/mol. The maximum atomic E-state index is 13.9. The number of fused-ring (bicyclic) bond motifs is 1. The van der Waals surface area contributed by atoms with Gasteiger partial charge in [0.25, 0.3) is 11.5 Å². The van der Waals surface area contributed by atoms with Crippen LogP contribution in [0.4, 0.5) is 8.78 Å². The Morgan fingerprint density at radius 1 is 1.12 bits per heavy atom. The molecule has 1 heterocycles. The first kappa shape index (κ1) is 15.6. The normalized spacial score (nSPS) is 10.9. The summed E-state index contributed by atoms with van der Waals surface area (Å²) in [5.74, 6) is -2.49. The highest BCUT2D eigenvalue weighted by atomic mass is 19.1. The highest BCUT2D eigenvalue weighted by molar-refractivity contribution is 5.93. The number of carbonyl (C=O) groups is 1. The lowest BCUT2D eigenvalue weighted by atomic mass is 10.1. The van der Waals surface area contributed by atoms with Crippen LogP contribution in [0.5, 0.6) is 0 Å². The van der Waals surface area contributed by atoms with E-state index in [0.717, 1.165) is 16.7 Å². The predicted octanol–water partition coefficient (Wildman–Crippen LogP) is 1.12. The number of hydrogen-bond acceptors (Lipinski definition) is 3. The molecule has 3 rings (SSSR count). The van der Waals surface area contributed by atoms with Crippen LogP contribution < -0.4 is 17.0 Å². The number of primary amides is 1. The summed E-state index contributed by atoms with van der Waals surface area (Å²) >= 11 is 0. The van der Waals surface area contributed by atoms with Gasteiger partial charge in [0, 0.05) is 0 Å². The van der Waals surface area contributed by atoms with E-state index in [-0.39, 0.29) is 23.0 Å². The minimum atomic E-state index is -0.945. The van der Waals surface area contributed by atoms with Gasteiger partial charge in [0.05, 0.1) is 23.0 Å². The number of aromatic nitrogens is 2. The number of hydrogen-bond donors (Lipinski definition) is 2. The SMILES string of the molecule is NC(=O)c1cc(Cn2c(=O)[nH]c(=O)c3c(F)cccc32)ccc1F. The molecule has 0 bridgehead atoms. The Balaban J connectivity index is 2.20. The highest BCUT2D eigenvalue weighted by Crippen LogP contribution is 2.15. The molecule has 2 aromatic carbocycles. The molecule has 0 aliphatic heterocycles. The summed E-state index contributed by atoms with van der Waals surface area (Å²) < 4.78 is 28.5. The van der Waals surface area contributed by atoms with Crippen LogP contribution in [0.3, 0.4) is 0 Å². The zero-order valence-corrected chi connectivity index (χ0v) is 12.2. The Morgan fingerprint density at radius 3 is 2.58 bits per heavy atom. The van der Waals surface area contributed by atoms with Crippen LogP contribution in [0, 0.1) is 11.6 Å². The van der Waals surface area contributed by atoms with Crippen LogP contribution in [0.1, 0.15) is 15.9 Å². The lowest BCUT2D eigenvalue weighted by Gasteiger charge is -2.11. The van der Waals surface area contributed by atoms with Crippen LogP contribution in [0.15, 0.2) is 46.0 Å². The van der Waals surface area contributed by atoms with Crippen molar-refractivity contribution in [2.45, 2.75) is 6.54 Å². The van der Waals surface area contributed by atoms with E-state index in [1.807, 2.05) is 4.98 Å². The molecule has 24 heavy (non-hydrogen) atoms. The summed E-state index contributed by atoms with van der Waals surface area (Å²) in [6, 6.07) is 7.52. The molecule has 3 aromatic rings. The van der Waals surface area contributed by atoms with Crippen LogP contribution in [-0.4, -0.2) is 15.5 Å². The number of benzene rings is 2. The molecule has 0 fully saturated rings. The molecule has 0 saturated heterocycles. The number of nitrogens with zero attached hydrogens (tertiary/aromatic N) is 1. The Bertz CT molecular complexity index is 1090. The molecule has 0 aliphatic rings. The Kier molecular flexibility index (Phi) is 3.72. The predicted molar refractivity (Wildman–Crippen MR) is 82.8 cm³/mol. The van der Waals surface area contributed by atoms with Crippen LogP contribution in [0.25, 0.3) is 10.9 Å². The third kappa shape index (κ3) is 2.58. The third-order valence-corrected chi connectivity index (χ3v) is 3.61. The summed E-state index contributed by atoms with van der Waals surface area (Å²) in [4.78, 5) is 37.1. The number of amides is 1. The molecular formula is C16H11F2N3O3. The molecule has 0 radical (unpaired) electrons. The number of carbonyl (C=O) groups excluding carboxylic acids is 1. The summed E-state index contributed by atoms with van der Waals surface area (Å²) in [5.41, 5.74) is 3.68. The van der Waals surface area contributed by atoms with Crippen molar-refractivity contribution in [1.82, 2.24) is 9.55 Å². The second-order valence-corrected chi connectivity index (χ2v) is 5.16. The molecular weight excluding hydrogens is 320 g/mol. The van der Waals surface area contributed by atoms with Crippen molar-refractivity contribution in [3.05, 3.63) is 80.0 Å². The van der Waals surface area contributed by atoms with Crippen molar-refractivity contribution in [1.29, 1.82) is 0 Å². The van der Waals surface area contributed by atoms with Crippen molar-refractivity contribution in [3.63, 3.8) is 0 Å². The van der Waals surface area contributed by atoms with Crippen molar-refractivity contribution in [2.75, 3.05) is 0 Å². The van der Waals surface area contributed by atoms with Crippen molar-refractivity contribution < 1.29 is 13.6 Å². The smallest absolute Gasteiger partial charge is 0.329 e. The standard InChI is InChI=1S/C16H11F2N3O3/c17-10-5-4-8(6-9(10)14(19)22)7-21-12-3-1-2-11(18)13(12)15(23)20-16(21)24/h1-6H,7H2,(H2,19,22)(H,20,23,24). The van der Waals surface area contributed by atoms with Gasteiger partial charge in [-0.25, -0.2) is 13.6 Å². The Hall–Kier alpha value is -3.29. The second kappa shape index (κ2) is 5.73. The first-order chi connectivity index (χ1) is 11.4. The van der Waals surface area contributed by atoms with Gasteiger partial charge in [0.15, 0.2) is 0 Å². The number of nitrogens with two attached hydrogens (primary N) is 1. The molecule has 0 spiro atoms. The third-order valence-electron chi connectivity index (χ3n) is 3.61. The van der Waals surface area contributed by atoms with Gasteiger partial charge in [0.2, 0.25) is 0 Å². The average molecular weight is 331 g/mol. The van der Waals surface area contributed by atoms with E-state index in [4.69, 9.17) is 5.73 Å². The van der Waals surface area contributed by atoms with Gasteiger partial charge in [-0.2, -0.15) is 0 Å². The number of aromatic amines is 1. The van der Waals surface area contributed by atoms with Crippen LogP contribution in [0.2, 0.25) is 0 Å². The van der Waals surface area contributed by atoms with Gasteiger partial charge in [0.1, 0.15) is 11.6 Å². The van der Waals surface area contributed by atoms with E-state index < -0.39 is 28.8 Å². The zero-order valence-electron chi connectivity index (χ0n) is 12.2. The summed E-state index contributed by atoms with van der Waals surface area (Å²) in [5, 5.41) is -0.255. The Morgan fingerprint density at radius 2 is 1.88 bits per heavy atom. The van der Waals surface area contributed by atoms with Gasteiger partial charge in [-0.1, -0.05) is 12.1 Å². The number of halogens is 2. The van der Waals surface area contributed by atoms with Crippen LogP contribution in [-0.2, 0) is 6.54 Å². The van der Waals surface area contributed by atoms with E-state index >= 15 is 0 Å². The van der Waals surface area contributed by atoms with Crippen molar-refractivity contribution in [3.8, 4) is 0 Å². The number of H-pyrrole nitrogens is 1. The topological polar surface area (TPSA) is 97.9 Å². The summed E-state index contributed by atoms with van der Waals surface area (Å²) in [6.07, 6.45) is 0. The fourth-order valence-corrected chi connectivity index (χ4v) is 2.50. The molecule has 0 atom stereocenters. The molecule has 122 valence electrons. The van der Waals surface area contributed by atoms with E-state index in [2.05, 4.69) is 0 Å². The molecule has 0 unspecified atom stereocenters. The maximum Gasteiger partial charge on any atom is 0.329 e. The highest BCUT2D eigenvalue weighted by Gasteiger charge is 2.13. The van der Waals surface area contributed by atoms with Crippen LogP contribution >= 0.6 is 0 Å². The summed E-state index contributed by atoms with van der Waals surface area (Å²) in [6.45, 7) is -0.101. The van der Waals surface area contributed by atoms with Gasteiger partial charge < -0.3 is 5.73 Å². The molecule has 1 amide bonds. The lowest BCUT2D eigenvalue weighted by Crippen LogP contribution is -2.31. The maximum absolute atomic E-state index is 13.9. The van der Waals surface area contributed by atoms with E-state index in [0.29, 0.717) is 5.56 Å². The second-order valence-electron chi connectivity index (χ2n) is 5.16. The largest absolute Gasteiger partial charge is 0.366 e. The summed E-state index contributed by atoms with van der Waals surface area (Å²) in [7, 11) is 0. The first-order valence-electron chi connectivity index (χ1n) is 6.88. The molecule has 3 N–H and O–H groups in total. The molecule has 0 saturated carbocycles. The van der Waals surface area contributed by atoms with E-state index in [9.17, 15) is 23.2 Å². The van der Waals surface area contributed by atoms with Gasteiger partial charge in [-0.05, 0) is 29.8 Å². The number of rotatable bonds is 3. The molecule has 1 aromatic heterocycles. The van der Waals surface area contributed by atoms with Gasteiger partial charge >= 0.3 is 5.69 Å². The number of nitrogens with one attached hydrogen (secondary N) is 1. The van der Waals surface area contributed by atoms with Crippen molar-refractivity contribution >= 4 is 16.8 Å². The van der Waals surface area contributed by atoms with Gasteiger partial charge in [-0.15, -0.1) is 0 Å². The fraction of sp³-hybridized carbons (Fsp3) is 0.0625. The minimum Gasteiger partial charge on any atom is -0.366 e. The molecule has 8 heteroatoms. The lowest BCUT2D eigenvalue weighted by molar-refractivity contribution is 0.0996. The Labute approximate surface area is 133 Å². The van der Waals surface area contributed by atoms with Gasteiger partial charge in [-0.3, -0.25) is 19.1 Å². The fourth-order valence-electron chi connectivity index (χ4n) is 2.50. The van der Waals surface area contributed by atoms with E-state index in [1.54, 1.807) is 0 Å². The quantitative estimate of drug-likeness (QED) is 0.752. The minimum absolute atomic E-state index is 0.0914. The average Bonchev–Trinajstić information content (AvgIpc) is 2.52. The molecule has 0 aliphatic carbocycles. The first-order valence-corrected chi connectivity index (χ1v) is 6.88. The van der Waals surface area contributed by atoms with Crippen molar-refractivity contribution in [2.24, 2.45) is 5.73 Å². The zero-order chi connectivity index (χ0) is 17.4. The van der Waals surface area contributed by atoms with E-state index in [1.165, 1.54) is 24.3 Å².